The molecule has 0 atom stereocenters. The van der Waals surface area contributed by atoms with E-state index in [1.54, 1.807) is 13.2 Å². The molecule has 0 aliphatic rings. The molecule has 4 heteroatoms. The lowest BCUT2D eigenvalue weighted by Crippen LogP contribution is -2.08. The van der Waals surface area contributed by atoms with Gasteiger partial charge in [0.25, 0.3) is 0 Å². The van der Waals surface area contributed by atoms with Crippen molar-refractivity contribution in [3.8, 4) is 11.5 Å². The minimum Gasteiger partial charge on any atom is -0.496 e. The van der Waals surface area contributed by atoms with Crippen LogP contribution < -0.4 is 9.47 Å². The standard InChI is InChI=1S/C22H24O4/c1-15(2)10-12-17-18(13-11-16-8-6-5-7-9-16)21(22(23)24)20(26-4)14-19(17)25-3/h5-11,13-14H,12H2,1-4H3,(H,23,24). The molecule has 0 aliphatic carbocycles. The van der Waals surface area contributed by atoms with E-state index in [-0.39, 0.29) is 11.3 Å². The van der Waals surface area contributed by atoms with E-state index in [2.05, 4.69) is 6.08 Å². The Hall–Kier alpha value is -3.01. The summed E-state index contributed by atoms with van der Waals surface area (Å²) in [6, 6.07) is 11.4. The lowest BCUT2D eigenvalue weighted by Gasteiger charge is -2.17. The van der Waals surface area contributed by atoms with Gasteiger partial charge in [-0.15, -0.1) is 0 Å². The number of carboxylic acids is 1. The van der Waals surface area contributed by atoms with Crippen LogP contribution in [0.25, 0.3) is 12.2 Å². The van der Waals surface area contributed by atoms with E-state index in [4.69, 9.17) is 9.47 Å². The van der Waals surface area contributed by atoms with Crippen LogP contribution in [0.4, 0.5) is 0 Å². The molecular formula is C22H24O4. The van der Waals surface area contributed by atoms with Gasteiger partial charge in [-0.05, 0) is 31.4 Å². The Balaban J connectivity index is 2.71. The van der Waals surface area contributed by atoms with E-state index < -0.39 is 5.97 Å². The SMILES string of the molecule is COc1cc(OC)c(C(=O)O)c(C=Cc2ccccc2)c1CC=C(C)C. The Morgan fingerprint density at radius 1 is 1.04 bits per heavy atom. The average molecular weight is 352 g/mol. The van der Waals surface area contributed by atoms with Crippen molar-refractivity contribution < 1.29 is 19.4 Å². The Bertz CT molecular complexity index is 829. The smallest absolute Gasteiger partial charge is 0.340 e. The Morgan fingerprint density at radius 3 is 2.23 bits per heavy atom. The minimum atomic E-state index is -1.03. The summed E-state index contributed by atoms with van der Waals surface area (Å²) >= 11 is 0. The second-order valence-electron chi connectivity index (χ2n) is 6.08. The maximum absolute atomic E-state index is 11.9. The quantitative estimate of drug-likeness (QED) is 0.557. The van der Waals surface area contributed by atoms with Crippen LogP contribution in [-0.2, 0) is 6.42 Å². The van der Waals surface area contributed by atoms with Gasteiger partial charge in [0.15, 0.2) is 0 Å². The fourth-order valence-electron chi connectivity index (χ4n) is 2.70. The van der Waals surface area contributed by atoms with Crippen LogP contribution in [0.5, 0.6) is 11.5 Å². The number of aromatic carboxylic acids is 1. The highest BCUT2D eigenvalue weighted by molar-refractivity contribution is 5.98. The number of rotatable bonds is 7. The van der Waals surface area contributed by atoms with Crippen LogP contribution in [0.3, 0.4) is 0 Å². The van der Waals surface area contributed by atoms with Crippen LogP contribution in [0.15, 0.2) is 48.0 Å². The van der Waals surface area contributed by atoms with Crippen molar-refractivity contribution in [1.82, 2.24) is 0 Å². The molecule has 0 spiro atoms. The van der Waals surface area contributed by atoms with Gasteiger partial charge in [-0.1, -0.05) is 54.1 Å². The third-order valence-corrected chi connectivity index (χ3v) is 4.01. The topological polar surface area (TPSA) is 55.8 Å². The van der Waals surface area contributed by atoms with Gasteiger partial charge in [-0.25, -0.2) is 4.79 Å². The number of methoxy groups -OCH3 is 2. The van der Waals surface area contributed by atoms with Crippen molar-refractivity contribution >= 4 is 18.1 Å². The molecule has 0 saturated heterocycles. The molecule has 0 fully saturated rings. The van der Waals surface area contributed by atoms with Gasteiger partial charge >= 0.3 is 5.97 Å². The van der Waals surface area contributed by atoms with E-state index in [0.717, 1.165) is 16.7 Å². The molecule has 0 saturated carbocycles. The zero-order valence-electron chi connectivity index (χ0n) is 15.6. The largest absolute Gasteiger partial charge is 0.496 e. The first-order valence-electron chi connectivity index (χ1n) is 8.35. The third kappa shape index (κ3) is 4.54. The highest BCUT2D eigenvalue weighted by Gasteiger charge is 2.22. The minimum absolute atomic E-state index is 0.137. The third-order valence-electron chi connectivity index (χ3n) is 4.01. The van der Waals surface area contributed by atoms with Crippen LogP contribution in [0, 0.1) is 0 Å². The summed E-state index contributed by atoms with van der Waals surface area (Å²) in [6.45, 7) is 4.02. The summed E-state index contributed by atoms with van der Waals surface area (Å²) < 4.78 is 10.8. The van der Waals surface area contributed by atoms with Crippen LogP contribution in [-0.4, -0.2) is 25.3 Å². The molecular weight excluding hydrogens is 328 g/mol. The molecule has 4 nitrogen and oxygen atoms in total. The van der Waals surface area contributed by atoms with E-state index >= 15 is 0 Å². The van der Waals surface area contributed by atoms with E-state index in [9.17, 15) is 9.90 Å². The molecule has 0 radical (unpaired) electrons. The zero-order valence-corrected chi connectivity index (χ0v) is 15.6. The number of ether oxygens (including phenoxy) is 2. The number of benzene rings is 2. The lowest BCUT2D eigenvalue weighted by atomic mass is 9.94. The van der Waals surface area contributed by atoms with Crippen LogP contribution in [0.1, 0.15) is 40.9 Å². The molecule has 0 heterocycles. The van der Waals surface area contributed by atoms with Crippen LogP contribution >= 0.6 is 0 Å². The molecule has 0 unspecified atom stereocenters. The zero-order chi connectivity index (χ0) is 19.1. The predicted octanol–water partition coefficient (Wildman–Crippen LogP) is 5.08. The molecule has 0 amide bonds. The van der Waals surface area contributed by atoms with Crippen molar-refractivity contribution in [2.24, 2.45) is 0 Å². The van der Waals surface area contributed by atoms with Crippen molar-refractivity contribution in [3.05, 3.63) is 70.3 Å². The molecule has 1 N–H and O–H groups in total. The molecule has 136 valence electrons. The average Bonchev–Trinajstić information content (AvgIpc) is 2.64. The van der Waals surface area contributed by atoms with E-state index in [0.29, 0.717) is 17.7 Å². The Kier molecular flexibility index (Phi) is 6.61. The first-order chi connectivity index (χ1) is 12.5. The van der Waals surface area contributed by atoms with E-state index in [1.165, 1.54) is 7.11 Å². The molecule has 0 aliphatic heterocycles. The second-order valence-corrected chi connectivity index (χ2v) is 6.08. The summed E-state index contributed by atoms with van der Waals surface area (Å²) in [5.41, 5.74) is 3.68. The van der Waals surface area contributed by atoms with Gasteiger partial charge < -0.3 is 14.6 Å². The monoisotopic (exact) mass is 352 g/mol. The summed E-state index contributed by atoms with van der Waals surface area (Å²) in [4.78, 5) is 11.9. The highest BCUT2D eigenvalue weighted by Crippen LogP contribution is 2.36. The summed E-state index contributed by atoms with van der Waals surface area (Å²) in [5.74, 6) is -0.143. The number of hydrogen-bond acceptors (Lipinski definition) is 3. The van der Waals surface area contributed by atoms with Gasteiger partial charge in [-0.3, -0.25) is 0 Å². The van der Waals surface area contributed by atoms with E-state index in [1.807, 2.05) is 56.3 Å². The van der Waals surface area contributed by atoms with Gasteiger partial charge in [0, 0.05) is 11.6 Å². The van der Waals surface area contributed by atoms with Gasteiger partial charge in [0.1, 0.15) is 17.1 Å². The second kappa shape index (κ2) is 8.90. The maximum atomic E-state index is 11.9. The van der Waals surface area contributed by atoms with Gasteiger partial charge in [-0.2, -0.15) is 0 Å². The molecule has 0 bridgehead atoms. The van der Waals surface area contributed by atoms with Gasteiger partial charge in [0.05, 0.1) is 14.2 Å². The van der Waals surface area contributed by atoms with Crippen molar-refractivity contribution in [1.29, 1.82) is 0 Å². The van der Waals surface area contributed by atoms with Crippen LogP contribution in [0.2, 0.25) is 0 Å². The first-order valence-corrected chi connectivity index (χ1v) is 8.35. The molecule has 26 heavy (non-hydrogen) atoms. The number of carbonyl (C=O) groups is 1. The number of hydrogen-bond donors (Lipinski definition) is 1. The Morgan fingerprint density at radius 2 is 1.69 bits per heavy atom. The first kappa shape index (κ1) is 19.3. The Labute approximate surface area is 154 Å². The summed E-state index contributed by atoms with van der Waals surface area (Å²) in [7, 11) is 3.04. The van der Waals surface area contributed by atoms with Crippen molar-refractivity contribution in [2.75, 3.05) is 14.2 Å². The summed E-state index contributed by atoms with van der Waals surface area (Å²) in [6.07, 6.45) is 6.34. The lowest BCUT2D eigenvalue weighted by molar-refractivity contribution is 0.0693. The molecule has 2 aromatic carbocycles. The number of allylic oxidation sites excluding steroid dienone is 2. The van der Waals surface area contributed by atoms with Crippen molar-refractivity contribution in [3.63, 3.8) is 0 Å². The normalized spacial score (nSPS) is 10.6. The summed E-state index contributed by atoms with van der Waals surface area (Å²) in [5, 5.41) is 9.77. The predicted molar refractivity (Wildman–Crippen MR) is 105 cm³/mol. The fourth-order valence-corrected chi connectivity index (χ4v) is 2.70. The highest BCUT2D eigenvalue weighted by atomic mass is 16.5. The molecule has 0 aromatic heterocycles. The van der Waals surface area contributed by atoms with Gasteiger partial charge in [0.2, 0.25) is 0 Å². The molecule has 2 aromatic rings. The fraction of sp³-hybridized carbons (Fsp3) is 0.227. The van der Waals surface area contributed by atoms with Crippen molar-refractivity contribution in [2.45, 2.75) is 20.3 Å². The maximum Gasteiger partial charge on any atom is 0.340 e. The molecule has 2 rings (SSSR count). The number of carboxylic acid groups (broad SMARTS) is 1.